The van der Waals surface area contributed by atoms with Crippen LogP contribution in [0, 0.1) is 5.92 Å². The van der Waals surface area contributed by atoms with Crippen molar-refractivity contribution in [1.82, 2.24) is 25.0 Å². The molecular weight excluding hydrogens is 326 g/mol. The first kappa shape index (κ1) is 19.0. The first-order valence-corrected chi connectivity index (χ1v) is 8.82. The summed E-state index contributed by atoms with van der Waals surface area (Å²) in [6.07, 6.45) is 2.40. The molecule has 1 atom stereocenters. The SMILES string of the molecule is CCOC(=O)[C@H](C)NC(=O)N1CCC(Cc2n[nH]c(=O)n2CC)CC1. The van der Waals surface area contributed by atoms with Crippen molar-refractivity contribution in [2.45, 2.75) is 52.6 Å². The highest BCUT2D eigenvalue weighted by Crippen LogP contribution is 2.20. The summed E-state index contributed by atoms with van der Waals surface area (Å²) in [5.74, 6) is 0.722. The molecular formula is C16H27N5O4. The summed E-state index contributed by atoms with van der Waals surface area (Å²) in [5.41, 5.74) is -0.178. The second-order valence-corrected chi connectivity index (χ2v) is 6.25. The minimum atomic E-state index is -0.659. The molecule has 0 saturated carbocycles. The second-order valence-electron chi connectivity index (χ2n) is 6.25. The van der Waals surface area contributed by atoms with Crippen LogP contribution < -0.4 is 11.0 Å². The molecule has 0 aliphatic carbocycles. The molecule has 2 amide bonds. The van der Waals surface area contributed by atoms with Gasteiger partial charge in [-0.25, -0.2) is 19.5 Å². The molecule has 9 nitrogen and oxygen atoms in total. The molecule has 0 spiro atoms. The zero-order valence-electron chi connectivity index (χ0n) is 15.1. The molecule has 1 aliphatic rings. The van der Waals surface area contributed by atoms with E-state index in [0.717, 1.165) is 25.1 Å². The minimum Gasteiger partial charge on any atom is -0.464 e. The van der Waals surface area contributed by atoms with Gasteiger partial charge in [-0.05, 0) is 39.5 Å². The van der Waals surface area contributed by atoms with E-state index in [0.29, 0.717) is 32.2 Å². The van der Waals surface area contributed by atoms with Gasteiger partial charge >= 0.3 is 17.7 Å². The lowest BCUT2D eigenvalue weighted by Crippen LogP contribution is -2.49. The first-order valence-electron chi connectivity index (χ1n) is 8.82. The summed E-state index contributed by atoms with van der Waals surface area (Å²) in [7, 11) is 0. The van der Waals surface area contributed by atoms with Crippen molar-refractivity contribution in [1.29, 1.82) is 0 Å². The Kier molecular flexibility index (Phi) is 6.60. The highest BCUT2D eigenvalue weighted by atomic mass is 16.5. The Morgan fingerprint density at radius 2 is 2.04 bits per heavy atom. The van der Waals surface area contributed by atoms with E-state index in [-0.39, 0.29) is 11.7 Å². The molecule has 1 aromatic rings. The average Bonchev–Trinajstić information content (AvgIpc) is 2.95. The van der Waals surface area contributed by atoms with Gasteiger partial charge in [0, 0.05) is 26.1 Å². The lowest BCUT2D eigenvalue weighted by Gasteiger charge is -2.32. The number of aromatic amines is 1. The van der Waals surface area contributed by atoms with Crippen LogP contribution in [0.3, 0.4) is 0 Å². The van der Waals surface area contributed by atoms with Gasteiger partial charge in [-0.15, -0.1) is 0 Å². The number of aromatic nitrogens is 3. The van der Waals surface area contributed by atoms with Crippen LogP contribution in [0.2, 0.25) is 0 Å². The predicted octanol–water partition coefficient (Wildman–Crippen LogP) is 0.507. The third-order valence-corrected chi connectivity index (χ3v) is 4.51. The second kappa shape index (κ2) is 8.68. The van der Waals surface area contributed by atoms with Crippen molar-refractivity contribution in [3.63, 3.8) is 0 Å². The van der Waals surface area contributed by atoms with Gasteiger partial charge in [0.2, 0.25) is 0 Å². The molecule has 1 aliphatic heterocycles. The van der Waals surface area contributed by atoms with Gasteiger partial charge in [-0.2, -0.15) is 5.10 Å². The van der Waals surface area contributed by atoms with Crippen LogP contribution in [0.15, 0.2) is 4.79 Å². The molecule has 9 heteroatoms. The zero-order valence-corrected chi connectivity index (χ0v) is 15.1. The number of piperidine rings is 1. The van der Waals surface area contributed by atoms with Crippen molar-refractivity contribution < 1.29 is 14.3 Å². The van der Waals surface area contributed by atoms with Crippen LogP contribution in [0.25, 0.3) is 0 Å². The van der Waals surface area contributed by atoms with E-state index in [9.17, 15) is 14.4 Å². The highest BCUT2D eigenvalue weighted by molar-refractivity contribution is 5.83. The third kappa shape index (κ3) is 4.83. The van der Waals surface area contributed by atoms with Crippen LogP contribution >= 0.6 is 0 Å². The zero-order chi connectivity index (χ0) is 18.4. The fraction of sp³-hybridized carbons (Fsp3) is 0.750. The fourth-order valence-electron chi connectivity index (χ4n) is 3.03. The maximum absolute atomic E-state index is 12.2. The normalized spacial score (nSPS) is 16.5. The van der Waals surface area contributed by atoms with Crippen LogP contribution in [0.5, 0.6) is 0 Å². The van der Waals surface area contributed by atoms with Gasteiger partial charge in [0.15, 0.2) is 0 Å². The molecule has 2 N–H and O–H groups in total. The molecule has 2 rings (SSSR count). The molecule has 1 aromatic heterocycles. The van der Waals surface area contributed by atoms with Crippen molar-refractivity contribution in [2.75, 3.05) is 19.7 Å². The van der Waals surface area contributed by atoms with Gasteiger partial charge in [0.25, 0.3) is 0 Å². The molecule has 0 radical (unpaired) electrons. The summed E-state index contributed by atoms with van der Waals surface area (Å²) in [6, 6.07) is -0.905. The number of nitrogens with one attached hydrogen (secondary N) is 2. The Balaban J connectivity index is 1.81. The van der Waals surface area contributed by atoms with Gasteiger partial charge < -0.3 is 15.0 Å². The number of esters is 1. The van der Waals surface area contributed by atoms with E-state index >= 15 is 0 Å². The van der Waals surface area contributed by atoms with Crippen molar-refractivity contribution >= 4 is 12.0 Å². The molecule has 25 heavy (non-hydrogen) atoms. The molecule has 1 fully saturated rings. The van der Waals surface area contributed by atoms with E-state index in [1.165, 1.54) is 0 Å². The summed E-state index contributed by atoms with van der Waals surface area (Å²) >= 11 is 0. The molecule has 1 saturated heterocycles. The Morgan fingerprint density at radius 3 is 2.64 bits per heavy atom. The van der Waals surface area contributed by atoms with Crippen LogP contribution in [0.4, 0.5) is 4.79 Å². The number of carbonyl (C=O) groups is 2. The van der Waals surface area contributed by atoms with Crippen LogP contribution in [0.1, 0.15) is 39.4 Å². The summed E-state index contributed by atoms with van der Waals surface area (Å²) in [4.78, 5) is 37.1. The third-order valence-electron chi connectivity index (χ3n) is 4.51. The highest BCUT2D eigenvalue weighted by Gasteiger charge is 2.26. The molecule has 0 aromatic carbocycles. The van der Waals surface area contributed by atoms with Crippen LogP contribution in [-0.4, -0.2) is 57.4 Å². The van der Waals surface area contributed by atoms with Crippen molar-refractivity contribution in [3.05, 3.63) is 16.3 Å². The number of rotatable bonds is 6. The van der Waals surface area contributed by atoms with Gasteiger partial charge in [-0.1, -0.05) is 0 Å². The van der Waals surface area contributed by atoms with E-state index in [4.69, 9.17) is 4.74 Å². The van der Waals surface area contributed by atoms with E-state index in [2.05, 4.69) is 15.5 Å². The first-order chi connectivity index (χ1) is 12.0. The molecule has 0 unspecified atom stereocenters. The molecule has 2 heterocycles. The summed E-state index contributed by atoms with van der Waals surface area (Å²) in [6.45, 7) is 7.38. The predicted molar refractivity (Wildman–Crippen MR) is 91.1 cm³/mol. The lowest BCUT2D eigenvalue weighted by atomic mass is 9.93. The van der Waals surface area contributed by atoms with Crippen molar-refractivity contribution in [2.24, 2.45) is 5.92 Å². The number of ether oxygens (including phenoxy) is 1. The van der Waals surface area contributed by atoms with Gasteiger partial charge in [0.05, 0.1) is 6.61 Å². The van der Waals surface area contributed by atoms with Crippen LogP contribution in [-0.2, 0) is 22.5 Å². The number of hydrogen-bond acceptors (Lipinski definition) is 5. The maximum Gasteiger partial charge on any atom is 0.343 e. The Morgan fingerprint density at radius 1 is 1.36 bits per heavy atom. The number of nitrogens with zero attached hydrogens (tertiary/aromatic N) is 3. The topological polar surface area (TPSA) is 109 Å². The van der Waals surface area contributed by atoms with E-state index in [1.807, 2.05) is 6.92 Å². The lowest BCUT2D eigenvalue weighted by molar-refractivity contribution is -0.144. The standard InChI is InChI=1S/C16H27N5O4/c1-4-21-13(18-19-16(21)24)10-12-6-8-20(9-7-12)15(23)17-11(3)14(22)25-5-2/h11-12H,4-10H2,1-3H3,(H,17,23)(H,19,24)/t11-/m0/s1. The van der Waals surface area contributed by atoms with Gasteiger partial charge in [0.1, 0.15) is 11.9 Å². The minimum absolute atomic E-state index is 0.178. The smallest absolute Gasteiger partial charge is 0.343 e. The number of H-pyrrole nitrogens is 1. The fourth-order valence-corrected chi connectivity index (χ4v) is 3.03. The summed E-state index contributed by atoms with van der Waals surface area (Å²) < 4.78 is 6.53. The largest absolute Gasteiger partial charge is 0.464 e. The van der Waals surface area contributed by atoms with E-state index in [1.54, 1.807) is 23.3 Å². The molecule has 140 valence electrons. The number of amides is 2. The van der Waals surface area contributed by atoms with E-state index < -0.39 is 12.0 Å². The monoisotopic (exact) mass is 353 g/mol. The Labute approximate surface area is 146 Å². The number of hydrogen-bond donors (Lipinski definition) is 2. The Hall–Kier alpha value is -2.32. The molecule has 0 bridgehead atoms. The quantitative estimate of drug-likeness (QED) is 0.724. The Bertz CT molecular complexity index is 645. The maximum atomic E-state index is 12.2. The van der Waals surface area contributed by atoms with Gasteiger partial charge in [-0.3, -0.25) is 4.57 Å². The number of likely N-dealkylation sites (tertiary alicyclic amines) is 1. The number of carbonyl (C=O) groups excluding carboxylic acids is 2. The summed E-state index contributed by atoms with van der Waals surface area (Å²) in [5, 5.41) is 9.25. The average molecular weight is 353 g/mol. The van der Waals surface area contributed by atoms with Crippen molar-refractivity contribution in [3.8, 4) is 0 Å². The number of urea groups is 1.